The molecule has 0 saturated carbocycles. The maximum Gasteiger partial charge on any atom is 0.321 e. The van der Waals surface area contributed by atoms with E-state index < -0.39 is 11.9 Å². The van der Waals surface area contributed by atoms with Gasteiger partial charge in [-0.25, -0.2) is 15.0 Å². The van der Waals surface area contributed by atoms with E-state index in [1.54, 1.807) is 6.08 Å². The van der Waals surface area contributed by atoms with Gasteiger partial charge in [0.05, 0.1) is 70.1 Å². The molecule has 0 spiro atoms. The zero-order valence-electron chi connectivity index (χ0n) is 32.6. The summed E-state index contributed by atoms with van der Waals surface area (Å²) in [4.78, 5) is 41.5. The Morgan fingerprint density at radius 1 is 0.927 bits per heavy atom. The third-order valence-corrected chi connectivity index (χ3v) is 10.9. The van der Waals surface area contributed by atoms with E-state index in [0.29, 0.717) is 71.3 Å². The molecule has 8 bridgehead atoms. The number of aliphatic hydroxyl groups excluding tert-OH is 2. The Balaban J connectivity index is 1.59. The highest BCUT2D eigenvalue weighted by atomic mass is 16.5. The zero-order valence-corrected chi connectivity index (χ0v) is 32.6. The van der Waals surface area contributed by atoms with Gasteiger partial charge in [0.2, 0.25) is 0 Å². The summed E-state index contributed by atoms with van der Waals surface area (Å²) in [6.07, 6.45) is 6.97. The highest BCUT2D eigenvalue weighted by Crippen LogP contribution is 2.50. The van der Waals surface area contributed by atoms with Crippen LogP contribution in [0.4, 0.5) is 0 Å². The number of aliphatic hydroxyl groups is 2. The number of methoxy groups -OCH3 is 2. The Morgan fingerprint density at radius 3 is 2.31 bits per heavy atom. The van der Waals surface area contributed by atoms with Crippen LogP contribution in [0.3, 0.4) is 0 Å². The van der Waals surface area contributed by atoms with Gasteiger partial charge in [-0.05, 0) is 68.1 Å². The summed E-state index contributed by atoms with van der Waals surface area (Å²) in [6.45, 7) is 15.3. The van der Waals surface area contributed by atoms with Crippen molar-refractivity contribution in [1.29, 1.82) is 0 Å². The summed E-state index contributed by atoms with van der Waals surface area (Å²) in [5.74, 6) is -2.33. The van der Waals surface area contributed by atoms with Gasteiger partial charge in [-0.3, -0.25) is 9.59 Å². The molecule has 1 aliphatic carbocycles. The molecule has 0 unspecified atom stereocenters. The second kappa shape index (κ2) is 16.7. The van der Waals surface area contributed by atoms with Gasteiger partial charge in [0.1, 0.15) is 29.7 Å². The van der Waals surface area contributed by atoms with Gasteiger partial charge < -0.3 is 39.2 Å². The number of nitrogens with one attached hydrogen (secondary N) is 1. The molecule has 1 fully saturated rings. The third kappa shape index (κ3) is 7.24. The van der Waals surface area contributed by atoms with E-state index in [-0.39, 0.29) is 56.4 Å². The Kier molecular flexibility index (Phi) is 12.0. The van der Waals surface area contributed by atoms with E-state index in [1.165, 1.54) is 14.2 Å². The first-order valence-electron chi connectivity index (χ1n) is 18.7. The molecule has 3 N–H and O–H groups in total. The van der Waals surface area contributed by atoms with Crippen molar-refractivity contribution >= 4 is 29.1 Å². The Morgan fingerprint density at radius 2 is 1.64 bits per heavy atom. The summed E-state index contributed by atoms with van der Waals surface area (Å²) in [5.41, 5.74) is 10.5. The minimum Gasteiger partial charge on any atom is -0.510 e. The van der Waals surface area contributed by atoms with E-state index >= 15 is 0 Å². The van der Waals surface area contributed by atoms with Crippen LogP contribution in [0.15, 0.2) is 119 Å². The summed E-state index contributed by atoms with van der Waals surface area (Å²) in [6, 6.07) is 0. The van der Waals surface area contributed by atoms with Gasteiger partial charge >= 0.3 is 11.9 Å². The number of hydrogen-bond acceptors (Lipinski definition) is 13. The van der Waals surface area contributed by atoms with Crippen LogP contribution in [0.25, 0.3) is 0 Å². The lowest BCUT2D eigenvalue weighted by Gasteiger charge is -2.20. The number of esters is 2. The maximum atomic E-state index is 13.6. The average Bonchev–Trinajstić information content (AvgIpc) is 3.93. The molecular formula is C42H50N4O9. The molecule has 1 saturated heterocycles. The van der Waals surface area contributed by atoms with Crippen molar-refractivity contribution in [3.8, 4) is 0 Å². The molecule has 5 heterocycles. The normalized spacial score (nSPS) is 23.0. The first kappa shape index (κ1) is 39.6. The Labute approximate surface area is 321 Å². The van der Waals surface area contributed by atoms with E-state index in [4.69, 9.17) is 43.8 Å². The fourth-order valence-electron chi connectivity index (χ4n) is 7.95. The Hall–Kier alpha value is -5.11. The van der Waals surface area contributed by atoms with Gasteiger partial charge in [0.25, 0.3) is 0 Å². The van der Waals surface area contributed by atoms with Crippen molar-refractivity contribution in [3.63, 3.8) is 0 Å². The zero-order chi connectivity index (χ0) is 39.6. The molecule has 0 radical (unpaired) electrons. The second-order valence-corrected chi connectivity index (χ2v) is 13.9. The van der Waals surface area contributed by atoms with Crippen LogP contribution in [0.2, 0.25) is 0 Å². The van der Waals surface area contributed by atoms with Crippen LogP contribution in [0.1, 0.15) is 53.9 Å². The molecule has 292 valence electrons. The molecule has 13 heteroatoms. The number of ether oxygens (including phenoxy) is 5. The van der Waals surface area contributed by atoms with Crippen LogP contribution in [0.5, 0.6) is 0 Å². The van der Waals surface area contributed by atoms with Crippen LogP contribution in [-0.4, -0.2) is 93.1 Å². The molecular weight excluding hydrogens is 704 g/mol. The second-order valence-electron chi connectivity index (χ2n) is 13.9. The number of aliphatic imine (C=N–C) groups is 3. The molecule has 6 aliphatic rings. The van der Waals surface area contributed by atoms with Crippen molar-refractivity contribution in [2.45, 2.75) is 53.9 Å². The number of allylic oxidation sites excluding steroid dienone is 10. The van der Waals surface area contributed by atoms with Gasteiger partial charge in [-0.2, -0.15) is 0 Å². The first-order chi connectivity index (χ1) is 26.5. The molecule has 0 aromatic rings. The van der Waals surface area contributed by atoms with Crippen LogP contribution in [0, 0.1) is 17.8 Å². The van der Waals surface area contributed by atoms with E-state index in [2.05, 4.69) is 25.7 Å². The molecule has 0 aromatic carbocycles. The SMILES string of the molecule is C=CC1=C(C)C2=NC1=CC1=NC(=C(OCCOCCOCCO)C3=C(C)C4=C(O)[C@@H](C(=O)OC)C(=C5NC(=C2)[C@@H](C)[C@@H]5CCC(=O)OC)C4=N3)C(CC)=C1C. The number of carbonyl (C=O) groups is 2. The third-order valence-electron chi connectivity index (χ3n) is 10.9. The predicted octanol–water partition coefficient (Wildman–Crippen LogP) is 5.57. The van der Waals surface area contributed by atoms with Gasteiger partial charge in [0.15, 0.2) is 5.76 Å². The van der Waals surface area contributed by atoms with Gasteiger partial charge in [-0.1, -0.05) is 26.5 Å². The fourth-order valence-corrected chi connectivity index (χ4v) is 7.95. The number of fused-ring (bicyclic) bond motifs is 5. The van der Waals surface area contributed by atoms with E-state index in [1.807, 2.05) is 32.9 Å². The lowest BCUT2D eigenvalue weighted by molar-refractivity contribution is -0.143. The molecule has 0 amide bonds. The molecule has 13 nitrogen and oxygen atoms in total. The molecule has 6 rings (SSSR count). The topological polar surface area (TPSA) is 170 Å². The highest BCUT2D eigenvalue weighted by Gasteiger charge is 2.49. The standard InChI is InChI=1S/C42H50N4O9/c1-9-25-21(3)28-19-29-23(5)27(11-12-32(48)51-7)37(44-29)34-35(42(50)52-8)40(49)33-24(6)36(46-39(33)34)41(55-18-17-54-16-15-53-14-13-47)38-26(10-2)22(4)30(45-38)20-31(25)43-28/h9,19-20,23,27,35,44,47,49H,1,10-18H2,2-8H3/t23-,27-,35-/m0/s1. The van der Waals surface area contributed by atoms with Crippen molar-refractivity contribution in [3.05, 3.63) is 104 Å². The van der Waals surface area contributed by atoms with E-state index in [9.17, 15) is 14.7 Å². The maximum absolute atomic E-state index is 13.6. The molecule has 3 atom stereocenters. The van der Waals surface area contributed by atoms with Gasteiger partial charge in [-0.15, -0.1) is 0 Å². The van der Waals surface area contributed by atoms with Crippen molar-refractivity contribution in [1.82, 2.24) is 5.32 Å². The minimum atomic E-state index is -1.15. The molecule has 0 aromatic heterocycles. The summed E-state index contributed by atoms with van der Waals surface area (Å²) < 4.78 is 27.9. The average molecular weight is 755 g/mol. The number of hydrogen-bond donors (Lipinski definition) is 3. The Bertz CT molecular complexity index is 2050. The van der Waals surface area contributed by atoms with Crippen LogP contribution in [-0.2, 0) is 33.3 Å². The summed E-state index contributed by atoms with van der Waals surface area (Å²) >= 11 is 0. The number of carbonyl (C=O) groups excluding carboxylic acids is 2. The van der Waals surface area contributed by atoms with E-state index in [0.717, 1.165) is 45.1 Å². The molecule has 5 aliphatic heterocycles. The summed E-state index contributed by atoms with van der Waals surface area (Å²) in [7, 11) is 2.65. The fraction of sp³-hybridized carbons (Fsp3) is 0.452. The van der Waals surface area contributed by atoms with Crippen molar-refractivity contribution in [2.75, 3.05) is 53.9 Å². The highest BCUT2D eigenvalue weighted by molar-refractivity contribution is 6.24. The number of rotatable bonds is 15. The lowest BCUT2D eigenvalue weighted by Crippen LogP contribution is -2.25. The minimum absolute atomic E-state index is 0.0624. The van der Waals surface area contributed by atoms with Gasteiger partial charge in [0, 0.05) is 46.4 Å². The summed E-state index contributed by atoms with van der Waals surface area (Å²) in [5, 5.41) is 24.6. The molecule has 55 heavy (non-hydrogen) atoms. The monoisotopic (exact) mass is 754 g/mol. The van der Waals surface area contributed by atoms with Crippen LogP contribution < -0.4 is 5.32 Å². The predicted molar refractivity (Wildman–Crippen MR) is 208 cm³/mol. The number of nitrogens with zero attached hydrogens (tertiary/aromatic N) is 3. The first-order valence-corrected chi connectivity index (χ1v) is 18.7. The largest absolute Gasteiger partial charge is 0.510 e. The van der Waals surface area contributed by atoms with Crippen molar-refractivity contribution in [2.24, 2.45) is 32.7 Å². The van der Waals surface area contributed by atoms with Crippen molar-refractivity contribution < 1.29 is 43.5 Å². The van der Waals surface area contributed by atoms with Crippen LogP contribution >= 0.6 is 0 Å². The quantitative estimate of drug-likeness (QED) is 0.142. The smallest absolute Gasteiger partial charge is 0.321 e. The lowest BCUT2D eigenvalue weighted by atomic mass is 9.84.